The number of piperidine rings is 2. The van der Waals surface area contributed by atoms with Gasteiger partial charge in [-0.3, -0.25) is 4.79 Å². The molecular formula is C13H23N3O. The van der Waals surface area contributed by atoms with Gasteiger partial charge >= 0.3 is 0 Å². The highest BCUT2D eigenvalue weighted by atomic mass is 16.2. The molecule has 0 spiro atoms. The van der Waals surface area contributed by atoms with Crippen LogP contribution in [0.1, 0.15) is 19.3 Å². The van der Waals surface area contributed by atoms with E-state index in [0.29, 0.717) is 5.91 Å². The van der Waals surface area contributed by atoms with Gasteiger partial charge < -0.3 is 15.1 Å². The molecule has 3 aliphatic rings. The van der Waals surface area contributed by atoms with Crippen LogP contribution in [-0.2, 0) is 4.79 Å². The highest BCUT2D eigenvalue weighted by molar-refractivity contribution is 5.80. The van der Waals surface area contributed by atoms with Crippen LogP contribution in [0, 0.1) is 11.8 Å². The Kier molecular flexibility index (Phi) is 3.09. The van der Waals surface area contributed by atoms with E-state index in [9.17, 15) is 4.79 Å². The largest absolute Gasteiger partial charge is 0.342 e. The minimum absolute atomic E-state index is 0.271. The van der Waals surface area contributed by atoms with E-state index in [1.165, 1.54) is 25.8 Å². The van der Waals surface area contributed by atoms with Crippen molar-refractivity contribution in [2.45, 2.75) is 25.3 Å². The normalized spacial score (nSPS) is 35.2. The molecule has 3 saturated heterocycles. The van der Waals surface area contributed by atoms with E-state index in [1.54, 1.807) is 0 Å². The molecule has 2 atom stereocenters. The van der Waals surface area contributed by atoms with Gasteiger partial charge in [0.25, 0.3) is 0 Å². The highest BCUT2D eigenvalue weighted by Crippen LogP contribution is 2.30. The zero-order valence-electron chi connectivity index (χ0n) is 10.7. The fraction of sp³-hybridized carbons (Fsp3) is 0.923. The summed E-state index contributed by atoms with van der Waals surface area (Å²) in [6.07, 6.45) is 3.78. The molecule has 3 aliphatic heterocycles. The Morgan fingerprint density at radius 2 is 2.06 bits per heavy atom. The molecule has 0 aromatic rings. The summed E-state index contributed by atoms with van der Waals surface area (Å²) in [7, 11) is 2.24. The second-order valence-electron chi connectivity index (χ2n) is 5.88. The molecule has 0 saturated carbocycles. The van der Waals surface area contributed by atoms with Crippen molar-refractivity contribution in [1.82, 2.24) is 15.1 Å². The Morgan fingerprint density at radius 1 is 1.24 bits per heavy atom. The van der Waals surface area contributed by atoms with Crippen LogP contribution in [0.2, 0.25) is 0 Å². The molecule has 0 aromatic heterocycles. The predicted molar refractivity (Wildman–Crippen MR) is 66.7 cm³/mol. The van der Waals surface area contributed by atoms with E-state index in [4.69, 9.17) is 0 Å². The average molecular weight is 237 g/mol. The van der Waals surface area contributed by atoms with Crippen LogP contribution >= 0.6 is 0 Å². The maximum Gasteiger partial charge on any atom is 0.228 e. The Balaban J connectivity index is 1.61. The first-order valence-corrected chi connectivity index (χ1v) is 6.95. The fourth-order valence-electron chi connectivity index (χ4n) is 3.57. The zero-order valence-corrected chi connectivity index (χ0v) is 10.7. The summed E-state index contributed by atoms with van der Waals surface area (Å²) in [4.78, 5) is 16.8. The number of hydrogen-bond acceptors (Lipinski definition) is 3. The Morgan fingerprint density at radius 3 is 2.76 bits per heavy atom. The van der Waals surface area contributed by atoms with Crippen LogP contribution in [0.4, 0.5) is 0 Å². The first-order chi connectivity index (χ1) is 8.25. The molecule has 0 aromatic carbocycles. The third-order valence-corrected chi connectivity index (χ3v) is 4.79. The summed E-state index contributed by atoms with van der Waals surface area (Å²) in [5.74, 6) is 1.39. The van der Waals surface area contributed by atoms with Crippen molar-refractivity contribution < 1.29 is 4.79 Å². The molecule has 0 bridgehead atoms. The predicted octanol–water partition coefficient (Wildman–Crippen LogP) is 0.149. The van der Waals surface area contributed by atoms with Crippen molar-refractivity contribution in [3.8, 4) is 0 Å². The lowest BCUT2D eigenvalue weighted by atomic mass is 9.83. The standard InChI is InChI=1S/C13H23N3O/c1-15-5-2-3-10-9-16(6-4-12(10)15)13(17)11-7-14-8-11/h10-12,14H,2-9H2,1H3. The Bertz CT molecular complexity index is 303. The van der Waals surface area contributed by atoms with Crippen LogP contribution < -0.4 is 5.32 Å². The molecule has 3 rings (SSSR count). The van der Waals surface area contributed by atoms with Crippen molar-refractivity contribution in [2.75, 3.05) is 39.8 Å². The SMILES string of the molecule is CN1CCCC2CN(C(=O)C3CNC3)CCC21. The number of carbonyl (C=O) groups is 1. The summed E-state index contributed by atoms with van der Waals surface area (Å²) >= 11 is 0. The van der Waals surface area contributed by atoms with Gasteiger partial charge in [-0.05, 0) is 38.8 Å². The van der Waals surface area contributed by atoms with Crippen LogP contribution in [0.3, 0.4) is 0 Å². The molecule has 2 unspecified atom stereocenters. The number of nitrogens with one attached hydrogen (secondary N) is 1. The maximum absolute atomic E-state index is 12.2. The van der Waals surface area contributed by atoms with Crippen molar-refractivity contribution in [3.63, 3.8) is 0 Å². The van der Waals surface area contributed by atoms with Crippen molar-refractivity contribution in [3.05, 3.63) is 0 Å². The lowest BCUT2D eigenvalue weighted by Gasteiger charge is -2.47. The molecule has 1 N–H and O–H groups in total. The lowest BCUT2D eigenvalue weighted by Crippen LogP contribution is -2.58. The molecule has 96 valence electrons. The summed E-state index contributed by atoms with van der Waals surface area (Å²) in [6, 6.07) is 0.729. The van der Waals surface area contributed by atoms with Gasteiger partial charge in [-0.15, -0.1) is 0 Å². The molecule has 17 heavy (non-hydrogen) atoms. The molecule has 1 amide bonds. The van der Waals surface area contributed by atoms with Gasteiger partial charge in [0, 0.05) is 32.2 Å². The van der Waals surface area contributed by atoms with Gasteiger partial charge in [-0.1, -0.05) is 0 Å². The van der Waals surface area contributed by atoms with E-state index in [0.717, 1.165) is 38.1 Å². The molecule has 3 fully saturated rings. The van der Waals surface area contributed by atoms with E-state index < -0.39 is 0 Å². The fourth-order valence-corrected chi connectivity index (χ4v) is 3.57. The molecule has 4 heteroatoms. The first-order valence-electron chi connectivity index (χ1n) is 6.95. The third kappa shape index (κ3) is 2.08. The number of hydrogen-bond donors (Lipinski definition) is 1. The minimum Gasteiger partial charge on any atom is -0.342 e. The van der Waals surface area contributed by atoms with Gasteiger partial charge in [0.2, 0.25) is 5.91 Å². The van der Waals surface area contributed by atoms with Crippen LogP contribution in [-0.4, -0.2) is 61.5 Å². The Hall–Kier alpha value is -0.610. The molecule has 3 heterocycles. The lowest BCUT2D eigenvalue weighted by molar-refractivity contribution is -0.140. The average Bonchev–Trinajstić information content (AvgIpc) is 2.26. The van der Waals surface area contributed by atoms with Crippen molar-refractivity contribution >= 4 is 5.91 Å². The first kappa shape index (κ1) is 11.5. The van der Waals surface area contributed by atoms with E-state index in [1.807, 2.05) is 0 Å². The highest BCUT2D eigenvalue weighted by Gasteiger charge is 2.38. The quantitative estimate of drug-likeness (QED) is 0.705. The van der Waals surface area contributed by atoms with Crippen LogP contribution in [0.15, 0.2) is 0 Å². The molecule has 4 nitrogen and oxygen atoms in total. The van der Waals surface area contributed by atoms with Gasteiger partial charge in [0.15, 0.2) is 0 Å². The van der Waals surface area contributed by atoms with Crippen molar-refractivity contribution in [1.29, 1.82) is 0 Å². The van der Waals surface area contributed by atoms with Crippen molar-refractivity contribution in [2.24, 2.45) is 11.8 Å². The molecular weight excluding hydrogens is 214 g/mol. The third-order valence-electron chi connectivity index (χ3n) is 4.79. The number of rotatable bonds is 1. The molecule has 0 aliphatic carbocycles. The number of amides is 1. The number of nitrogens with zero attached hydrogens (tertiary/aromatic N) is 2. The summed E-state index contributed by atoms with van der Waals surface area (Å²) in [5, 5.41) is 3.19. The number of fused-ring (bicyclic) bond motifs is 1. The van der Waals surface area contributed by atoms with Gasteiger partial charge in [-0.25, -0.2) is 0 Å². The molecule has 0 radical (unpaired) electrons. The van der Waals surface area contributed by atoms with E-state index in [-0.39, 0.29) is 5.92 Å². The topological polar surface area (TPSA) is 35.6 Å². The second-order valence-corrected chi connectivity index (χ2v) is 5.88. The minimum atomic E-state index is 0.271. The van der Waals surface area contributed by atoms with Gasteiger partial charge in [0.05, 0.1) is 5.92 Å². The Labute approximate surface area is 103 Å². The summed E-state index contributed by atoms with van der Waals surface area (Å²) < 4.78 is 0. The monoisotopic (exact) mass is 237 g/mol. The van der Waals surface area contributed by atoms with E-state index in [2.05, 4.69) is 22.2 Å². The number of carbonyl (C=O) groups excluding carboxylic acids is 1. The van der Waals surface area contributed by atoms with Crippen LogP contribution in [0.25, 0.3) is 0 Å². The zero-order chi connectivity index (χ0) is 11.8. The summed E-state index contributed by atoms with van der Waals surface area (Å²) in [5.41, 5.74) is 0. The van der Waals surface area contributed by atoms with Gasteiger partial charge in [-0.2, -0.15) is 0 Å². The smallest absolute Gasteiger partial charge is 0.228 e. The number of likely N-dealkylation sites (tertiary alicyclic amines) is 2. The van der Waals surface area contributed by atoms with Gasteiger partial charge in [0.1, 0.15) is 0 Å². The summed E-state index contributed by atoms with van der Waals surface area (Å²) in [6.45, 7) is 5.00. The van der Waals surface area contributed by atoms with Crippen LogP contribution in [0.5, 0.6) is 0 Å². The van der Waals surface area contributed by atoms with E-state index >= 15 is 0 Å². The maximum atomic E-state index is 12.2. The second kappa shape index (κ2) is 4.58.